The van der Waals surface area contributed by atoms with E-state index in [4.69, 9.17) is 5.11 Å². The lowest BCUT2D eigenvalue weighted by atomic mass is 9.83. The number of nitrogens with one attached hydrogen (secondary N) is 1. The quantitative estimate of drug-likeness (QED) is 0.731. The fraction of sp³-hybridized carbons (Fsp3) is 0.800. The number of carboxylic acids is 1. The van der Waals surface area contributed by atoms with E-state index in [9.17, 15) is 18.4 Å². The number of alkyl halides is 2. The maximum atomic E-state index is 12.0. The summed E-state index contributed by atoms with van der Waals surface area (Å²) in [5, 5.41) is 10.8. The zero-order valence-corrected chi connectivity index (χ0v) is 8.79. The average Bonchev–Trinajstić information content (AvgIpc) is 2.09. The van der Waals surface area contributed by atoms with Crippen LogP contribution in [0, 0.1) is 5.92 Å². The Bertz CT molecular complexity index is 267. The largest absolute Gasteiger partial charge is 0.480 e. The van der Waals surface area contributed by atoms with Gasteiger partial charge in [0.05, 0.1) is 0 Å². The summed E-state index contributed by atoms with van der Waals surface area (Å²) in [4.78, 5) is 21.9. The average molecular weight is 235 g/mol. The summed E-state index contributed by atoms with van der Waals surface area (Å²) >= 11 is 0. The van der Waals surface area contributed by atoms with Crippen LogP contribution in [0.5, 0.6) is 0 Å². The molecular weight excluding hydrogens is 220 g/mol. The molecule has 0 heterocycles. The van der Waals surface area contributed by atoms with Crippen LogP contribution < -0.4 is 5.32 Å². The number of carbonyl (C=O) groups excluding carboxylic acids is 1. The first-order valence-electron chi connectivity index (χ1n) is 5.29. The SMILES string of the molecule is O=C(CC1CCC1)NC(CC(F)F)C(=O)O. The van der Waals surface area contributed by atoms with Crippen molar-refractivity contribution in [2.24, 2.45) is 5.92 Å². The van der Waals surface area contributed by atoms with Gasteiger partial charge in [-0.25, -0.2) is 13.6 Å². The van der Waals surface area contributed by atoms with Crippen LogP contribution in [0.15, 0.2) is 0 Å². The number of halogens is 2. The van der Waals surface area contributed by atoms with Gasteiger partial charge >= 0.3 is 5.97 Å². The third-order valence-electron chi connectivity index (χ3n) is 2.75. The number of hydrogen-bond acceptors (Lipinski definition) is 2. The zero-order chi connectivity index (χ0) is 12.1. The molecule has 0 aliphatic heterocycles. The standard InChI is InChI=1S/C10H15F2NO3/c11-8(12)5-7(10(15)16)13-9(14)4-6-2-1-3-6/h6-8H,1-5H2,(H,13,14)(H,15,16). The highest BCUT2D eigenvalue weighted by Crippen LogP contribution is 2.29. The minimum Gasteiger partial charge on any atom is -0.480 e. The van der Waals surface area contributed by atoms with E-state index in [-0.39, 0.29) is 6.42 Å². The van der Waals surface area contributed by atoms with Gasteiger partial charge < -0.3 is 10.4 Å². The van der Waals surface area contributed by atoms with Gasteiger partial charge in [0.25, 0.3) is 0 Å². The van der Waals surface area contributed by atoms with Gasteiger partial charge in [-0.1, -0.05) is 6.42 Å². The molecule has 0 aromatic rings. The first-order valence-corrected chi connectivity index (χ1v) is 5.29. The molecule has 1 saturated carbocycles. The monoisotopic (exact) mass is 235 g/mol. The molecule has 2 N–H and O–H groups in total. The molecule has 1 rings (SSSR count). The summed E-state index contributed by atoms with van der Waals surface area (Å²) in [6.45, 7) is 0. The van der Waals surface area contributed by atoms with Crippen molar-refractivity contribution in [3.8, 4) is 0 Å². The van der Waals surface area contributed by atoms with Crippen LogP contribution >= 0.6 is 0 Å². The topological polar surface area (TPSA) is 66.4 Å². The first kappa shape index (κ1) is 12.9. The Kier molecular flexibility index (Phi) is 4.64. The lowest BCUT2D eigenvalue weighted by Gasteiger charge is -2.25. The molecule has 1 fully saturated rings. The molecule has 1 amide bonds. The van der Waals surface area contributed by atoms with Crippen molar-refractivity contribution in [1.82, 2.24) is 5.32 Å². The minimum atomic E-state index is -2.73. The number of amides is 1. The number of carbonyl (C=O) groups is 2. The van der Waals surface area contributed by atoms with Crippen LogP contribution in [0.2, 0.25) is 0 Å². The molecule has 1 aliphatic carbocycles. The molecule has 0 aromatic heterocycles. The van der Waals surface area contributed by atoms with Crippen LogP contribution in [0.3, 0.4) is 0 Å². The lowest BCUT2D eigenvalue weighted by Crippen LogP contribution is -2.42. The molecule has 1 atom stereocenters. The van der Waals surface area contributed by atoms with Crippen molar-refractivity contribution in [3.05, 3.63) is 0 Å². The van der Waals surface area contributed by atoms with Crippen LogP contribution in [-0.4, -0.2) is 29.5 Å². The van der Waals surface area contributed by atoms with E-state index in [1.807, 2.05) is 0 Å². The summed E-state index contributed by atoms with van der Waals surface area (Å²) in [5.74, 6) is -1.57. The Morgan fingerprint density at radius 3 is 2.38 bits per heavy atom. The molecule has 0 spiro atoms. The predicted molar refractivity (Wildman–Crippen MR) is 52.1 cm³/mol. The van der Waals surface area contributed by atoms with Gasteiger partial charge in [0.2, 0.25) is 12.3 Å². The summed E-state index contributed by atoms with van der Waals surface area (Å²) in [6.07, 6.45) is -0.332. The van der Waals surface area contributed by atoms with Gasteiger partial charge in [0.1, 0.15) is 6.04 Å². The molecular formula is C10H15F2NO3. The van der Waals surface area contributed by atoms with Gasteiger partial charge in [-0.2, -0.15) is 0 Å². The Labute approximate surface area is 92.0 Å². The third kappa shape index (κ3) is 4.12. The van der Waals surface area contributed by atoms with E-state index >= 15 is 0 Å². The number of carboxylic acid groups (broad SMARTS) is 1. The Balaban J connectivity index is 2.34. The van der Waals surface area contributed by atoms with Gasteiger partial charge in [-0.05, 0) is 18.8 Å². The highest BCUT2D eigenvalue weighted by molar-refractivity contribution is 5.83. The van der Waals surface area contributed by atoms with Crippen molar-refractivity contribution in [2.75, 3.05) is 0 Å². The predicted octanol–water partition coefficient (Wildman–Crippen LogP) is 1.40. The number of hydrogen-bond donors (Lipinski definition) is 2. The molecule has 0 aromatic carbocycles. The van der Waals surface area contributed by atoms with Gasteiger partial charge in [0.15, 0.2) is 0 Å². The van der Waals surface area contributed by atoms with Crippen molar-refractivity contribution in [3.63, 3.8) is 0 Å². The molecule has 0 saturated heterocycles. The van der Waals surface area contributed by atoms with Crippen LogP contribution in [0.25, 0.3) is 0 Å². The molecule has 0 radical (unpaired) electrons. The van der Waals surface area contributed by atoms with Crippen molar-refractivity contribution < 1.29 is 23.5 Å². The molecule has 92 valence electrons. The summed E-state index contributed by atoms with van der Waals surface area (Å²) in [6, 6.07) is -1.48. The molecule has 4 nitrogen and oxygen atoms in total. The molecule has 0 bridgehead atoms. The van der Waals surface area contributed by atoms with Crippen LogP contribution in [0.1, 0.15) is 32.1 Å². The second-order valence-corrected chi connectivity index (χ2v) is 4.09. The lowest BCUT2D eigenvalue weighted by molar-refractivity contribution is -0.143. The van der Waals surface area contributed by atoms with E-state index in [0.29, 0.717) is 5.92 Å². The number of aliphatic carboxylic acids is 1. The van der Waals surface area contributed by atoms with E-state index in [1.54, 1.807) is 0 Å². The maximum Gasteiger partial charge on any atom is 0.326 e. The smallest absolute Gasteiger partial charge is 0.326 e. The molecule has 6 heteroatoms. The summed E-state index contributed by atoms with van der Waals surface area (Å²) in [5.41, 5.74) is 0. The van der Waals surface area contributed by atoms with Crippen molar-refractivity contribution in [1.29, 1.82) is 0 Å². The zero-order valence-electron chi connectivity index (χ0n) is 8.79. The normalized spacial score (nSPS) is 17.9. The maximum absolute atomic E-state index is 12.0. The van der Waals surface area contributed by atoms with E-state index in [0.717, 1.165) is 19.3 Å². The van der Waals surface area contributed by atoms with E-state index in [1.165, 1.54) is 0 Å². The number of rotatable bonds is 6. The Hall–Kier alpha value is -1.20. The highest BCUT2D eigenvalue weighted by Gasteiger charge is 2.26. The van der Waals surface area contributed by atoms with Crippen LogP contribution in [-0.2, 0) is 9.59 Å². The van der Waals surface area contributed by atoms with Gasteiger partial charge in [0, 0.05) is 12.8 Å². The molecule has 1 aliphatic rings. The van der Waals surface area contributed by atoms with Gasteiger partial charge in [-0.15, -0.1) is 0 Å². The van der Waals surface area contributed by atoms with Crippen molar-refractivity contribution in [2.45, 2.75) is 44.6 Å². The second-order valence-electron chi connectivity index (χ2n) is 4.09. The van der Waals surface area contributed by atoms with E-state index < -0.39 is 30.8 Å². The molecule has 1 unspecified atom stereocenters. The second kappa shape index (κ2) is 5.77. The summed E-state index contributed by atoms with van der Waals surface area (Å²) in [7, 11) is 0. The highest BCUT2D eigenvalue weighted by atomic mass is 19.3. The minimum absolute atomic E-state index is 0.243. The third-order valence-corrected chi connectivity index (χ3v) is 2.75. The van der Waals surface area contributed by atoms with Crippen molar-refractivity contribution >= 4 is 11.9 Å². The summed E-state index contributed by atoms with van der Waals surface area (Å²) < 4.78 is 24.0. The Morgan fingerprint density at radius 1 is 1.38 bits per heavy atom. The van der Waals surface area contributed by atoms with Crippen LogP contribution in [0.4, 0.5) is 8.78 Å². The fourth-order valence-corrected chi connectivity index (χ4v) is 1.61. The molecule has 16 heavy (non-hydrogen) atoms. The van der Waals surface area contributed by atoms with E-state index in [2.05, 4.69) is 5.32 Å². The first-order chi connectivity index (χ1) is 7.49. The van der Waals surface area contributed by atoms with Gasteiger partial charge in [-0.3, -0.25) is 4.79 Å². The fourth-order valence-electron chi connectivity index (χ4n) is 1.61. The Morgan fingerprint density at radius 2 is 2.00 bits per heavy atom.